The third kappa shape index (κ3) is 3.64. The van der Waals surface area contributed by atoms with E-state index in [2.05, 4.69) is 10.2 Å². The number of halogens is 1. The van der Waals surface area contributed by atoms with Gasteiger partial charge in [-0.05, 0) is 17.9 Å². The van der Waals surface area contributed by atoms with Gasteiger partial charge in [0.05, 0.1) is 15.9 Å². The number of rotatable bonds is 5. The van der Waals surface area contributed by atoms with Gasteiger partial charge in [0, 0.05) is 0 Å². The van der Waals surface area contributed by atoms with Crippen LogP contribution in [0.1, 0.15) is 6.92 Å². The molecule has 0 amide bonds. The molecule has 0 saturated heterocycles. The van der Waals surface area contributed by atoms with Gasteiger partial charge < -0.3 is 0 Å². The molecule has 0 unspecified atom stereocenters. The predicted molar refractivity (Wildman–Crippen MR) is 73.5 cm³/mol. The van der Waals surface area contributed by atoms with E-state index < -0.39 is 10.7 Å². The van der Waals surface area contributed by atoms with Crippen LogP contribution in [0.2, 0.25) is 0 Å². The second-order valence-electron chi connectivity index (χ2n) is 3.24. The highest BCUT2D eigenvalue weighted by Gasteiger charge is 2.17. The van der Waals surface area contributed by atoms with Crippen LogP contribution in [0.4, 0.5) is 10.1 Å². The van der Waals surface area contributed by atoms with Crippen LogP contribution >= 0.6 is 34.9 Å². The Morgan fingerprint density at radius 3 is 2.84 bits per heavy atom. The zero-order valence-corrected chi connectivity index (χ0v) is 12.1. The van der Waals surface area contributed by atoms with Gasteiger partial charge in [-0.3, -0.25) is 10.1 Å². The molecule has 1 aromatic heterocycles. The van der Waals surface area contributed by atoms with E-state index in [0.29, 0.717) is 9.24 Å². The van der Waals surface area contributed by atoms with E-state index in [1.54, 1.807) is 11.8 Å². The van der Waals surface area contributed by atoms with Crippen molar-refractivity contribution in [1.29, 1.82) is 0 Å². The van der Waals surface area contributed by atoms with Gasteiger partial charge in [-0.25, -0.2) is 4.39 Å². The van der Waals surface area contributed by atoms with Crippen LogP contribution in [0.15, 0.2) is 31.8 Å². The van der Waals surface area contributed by atoms with Crippen LogP contribution in [-0.2, 0) is 0 Å². The van der Waals surface area contributed by atoms with Crippen LogP contribution in [0, 0.1) is 15.9 Å². The maximum Gasteiger partial charge on any atom is 0.286 e. The molecule has 100 valence electrons. The molecular weight excluding hydrogens is 309 g/mol. The van der Waals surface area contributed by atoms with Crippen molar-refractivity contribution in [2.75, 3.05) is 5.75 Å². The molecular formula is C10H8FN3O2S3. The Balaban J connectivity index is 2.24. The first-order valence-electron chi connectivity index (χ1n) is 5.18. The highest BCUT2D eigenvalue weighted by atomic mass is 32.2. The van der Waals surface area contributed by atoms with E-state index in [1.807, 2.05) is 6.92 Å². The van der Waals surface area contributed by atoms with Gasteiger partial charge in [0.25, 0.3) is 5.69 Å². The molecule has 0 aliphatic rings. The molecule has 0 atom stereocenters. The van der Waals surface area contributed by atoms with Crippen molar-refractivity contribution in [1.82, 2.24) is 10.2 Å². The summed E-state index contributed by atoms with van der Waals surface area (Å²) in [6.45, 7) is 2.00. The standard InChI is InChI=1S/C10H8FN3O2S3/c1-2-17-9-12-13-10(19-9)18-8-4-3-6(11)5-7(8)14(15)16/h3-5H,2H2,1H3. The number of aromatic nitrogens is 2. The predicted octanol–water partition coefficient (Wildman–Crippen LogP) is 3.85. The van der Waals surface area contributed by atoms with Crippen LogP contribution in [0.3, 0.4) is 0 Å². The first-order chi connectivity index (χ1) is 9.10. The van der Waals surface area contributed by atoms with E-state index in [4.69, 9.17) is 0 Å². The fraction of sp³-hybridized carbons (Fsp3) is 0.200. The molecule has 0 radical (unpaired) electrons. The summed E-state index contributed by atoms with van der Waals surface area (Å²) >= 11 is 4.04. The third-order valence-electron chi connectivity index (χ3n) is 1.97. The summed E-state index contributed by atoms with van der Waals surface area (Å²) in [4.78, 5) is 10.6. The van der Waals surface area contributed by atoms with Crippen molar-refractivity contribution < 1.29 is 9.31 Å². The summed E-state index contributed by atoms with van der Waals surface area (Å²) in [5.74, 6) is 0.256. The van der Waals surface area contributed by atoms with E-state index in [1.165, 1.54) is 23.5 Å². The Morgan fingerprint density at radius 2 is 2.16 bits per heavy atom. The largest absolute Gasteiger partial charge is 0.286 e. The molecule has 9 heteroatoms. The molecule has 2 aromatic rings. The lowest BCUT2D eigenvalue weighted by Gasteiger charge is -1.99. The zero-order valence-electron chi connectivity index (χ0n) is 9.70. The van der Waals surface area contributed by atoms with Crippen molar-refractivity contribution in [2.45, 2.75) is 20.5 Å². The molecule has 0 N–H and O–H groups in total. The van der Waals surface area contributed by atoms with Crippen molar-refractivity contribution in [3.63, 3.8) is 0 Å². The molecule has 0 aliphatic heterocycles. The fourth-order valence-corrected chi connectivity index (χ4v) is 4.19. The van der Waals surface area contributed by atoms with Crippen molar-refractivity contribution in [2.24, 2.45) is 0 Å². The first-order valence-corrected chi connectivity index (χ1v) is 7.80. The molecule has 5 nitrogen and oxygen atoms in total. The molecule has 0 spiro atoms. The smallest absolute Gasteiger partial charge is 0.258 e. The lowest BCUT2D eigenvalue weighted by Crippen LogP contribution is -1.91. The number of nitrogens with zero attached hydrogens (tertiary/aromatic N) is 3. The second-order valence-corrected chi connectivity index (χ2v) is 7.02. The first kappa shape index (κ1) is 14.2. The summed E-state index contributed by atoms with van der Waals surface area (Å²) in [5.41, 5.74) is -0.259. The molecule has 19 heavy (non-hydrogen) atoms. The molecule has 1 heterocycles. The molecule has 0 aliphatic carbocycles. The van der Waals surface area contributed by atoms with Crippen LogP contribution in [0.5, 0.6) is 0 Å². The Bertz CT molecular complexity index is 605. The van der Waals surface area contributed by atoms with Crippen LogP contribution in [0.25, 0.3) is 0 Å². The molecule has 0 bridgehead atoms. The number of benzene rings is 1. The van der Waals surface area contributed by atoms with Gasteiger partial charge in [-0.1, -0.05) is 41.8 Å². The van der Waals surface area contributed by atoms with Crippen LogP contribution < -0.4 is 0 Å². The average Bonchev–Trinajstić information content (AvgIpc) is 2.79. The second kappa shape index (κ2) is 6.31. The summed E-state index contributed by atoms with van der Waals surface area (Å²) in [7, 11) is 0. The van der Waals surface area contributed by atoms with E-state index in [-0.39, 0.29) is 5.69 Å². The Kier molecular flexibility index (Phi) is 4.72. The highest BCUT2D eigenvalue weighted by molar-refractivity contribution is 8.03. The number of nitro benzene ring substituents is 1. The summed E-state index contributed by atoms with van der Waals surface area (Å²) < 4.78 is 14.4. The Hall–Kier alpha value is -1.19. The number of hydrogen-bond acceptors (Lipinski definition) is 7. The molecule has 1 aromatic carbocycles. The summed E-state index contributed by atoms with van der Waals surface area (Å²) in [5, 5.41) is 18.8. The summed E-state index contributed by atoms with van der Waals surface area (Å²) in [6, 6.07) is 3.48. The van der Waals surface area contributed by atoms with E-state index >= 15 is 0 Å². The normalized spacial score (nSPS) is 10.6. The third-order valence-corrected chi connectivity index (χ3v) is 5.03. The minimum atomic E-state index is -0.629. The number of hydrogen-bond donors (Lipinski definition) is 0. The van der Waals surface area contributed by atoms with Crippen molar-refractivity contribution >= 4 is 40.5 Å². The minimum Gasteiger partial charge on any atom is -0.258 e. The molecule has 0 saturated carbocycles. The maximum absolute atomic E-state index is 13.0. The SMILES string of the molecule is CCSc1nnc(Sc2ccc(F)cc2[N+](=O)[O-])s1. The summed E-state index contributed by atoms with van der Waals surface area (Å²) in [6.07, 6.45) is 0. The van der Waals surface area contributed by atoms with Gasteiger partial charge in [0.15, 0.2) is 8.68 Å². The van der Waals surface area contributed by atoms with Crippen LogP contribution in [-0.4, -0.2) is 20.9 Å². The molecule has 0 fully saturated rings. The topological polar surface area (TPSA) is 68.9 Å². The Labute approximate surface area is 120 Å². The fourth-order valence-electron chi connectivity index (χ4n) is 1.23. The lowest BCUT2D eigenvalue weighted by molar-refractivity contribution is -0.387. The lowest BCUT2D eigenvalue weighted by atomic mass is 10.3. The van der Waals surface area contributed by atoms with Gasteiger partial charge in [-0.2, -0.15) is 0 Å². The quantitative estimate of drug-likeness (QED) is 0.474. The van der Waals surface area contributed by atoms with E-state index in [9.17, 15) is 14.5 Å². The maximum atomic E-state index is 13.0. The number of thioether (sulfide) groups is 1. The zero-order chi connectivity index (χ0) is 13.8. The highest BCUT2D eigenvalue weighted by Crippen LogP contribution is 2.38. The van der Waals surface area contributed by atoms with Gasteiger partial charge >= 0.3 is 0 Å². The monoisotopic (exact) mass is 317 g/mol. The number of nitro groups is 1. The van der Waals surface area contributed by atoms with Gasteiger partial charge in [0.2, 0.25) is 0 Å². The van der Waals surface area contributed by atoms with Crippen molar-refractivity contribution in [3.05, 3.63) is 34.1 Å². The minimum absolute atomic E-state index is 0.259. The molecule has 2 rings (SSSR count). The van der Waals surface area contributed by atoms with E-state index in [0.717, 1.165) is 27.9 Å². The van der Waals surface area contributed by atoms with Crippen molar-refractivity contribution in [3.8, 4) is 0 Å². The van der Waals surface area contributed by atoms with Gasteiger partial charge in [0.1, 0.15) is 5.82 Å². The Morgan fingerprint density at radius 1 is 1.42 bits per heavy atom. The average molecular weight is 317 g/mol. The van der Waals surface area contributed by atoms with Gasteiger partial charge in [-0.15, -0.1) is 10.2 Å².